The predicted molar refractivity (Wildman–Crippen MR) is 103 cm³/mol. The van der Waals surface area contributed by atoms with Gasteiger partial charge < -0.3 is 9.47 Å². The number of hydrogen-bond acceptors (Lipinski definition) is 4. The molecule has 0 aliphatic carbocycles. The molecule has 0 aromatic heterocycles. The topological polar surface area (TPSA) is 55.8 Å². The predicted octanol–water partition coefficient (Wildman–Crippen LogP) is 4.20. The second-order valence-electron chi connectivity index (χ2n) is 8.21. The number of rotatable bonds is 7. The second kappa shape index (κ2) is 9.36. The number of carbonyl (C=O) groups is 2. The summed E-state index contributed by atoms with van der Waals surface area (Å²) in [5.74, 6) is 1.03. The molecule has 0 saturated carbocycles. The molecule has 3 rings (SSSR count). The monoisotopic (exact) mass is 373 g/mol. The van der Waals surface area contributed by atoms with Crippen LogP contribution < -0.4 is 0 Å². The highest BCUT2D eigenvalue weighted by Crippen LogP contribution is 2.33. The molecule has 0 N–H and O–H groups in total. The molecule has 2 unspecified atom stereocenters. The summed E-state index contributed by atoms with van der Waals surface area (Å²) >= 11 is 0. The highest BCUT2D eigenvalue weighted by Gasteiger charge is 2.44. The maximum atomic E-state index is 12.7. The average Bonchev–Trinajstić information content (AvgIpc) is 2.65. The Morgan fingerprint density at radius 3 is 2.44 bits per heavy atom. The summed E-state index contributed by atoms with van der Waals surface area (Å²) < 4.78 is 11.2. The van der Waals surface area contributed by atoms with E-state index in [4.69, 9.17) is 9.47 Å². The van der Waals surface area contributed by atoms with Gasteiger partial charge in [-0.2, -0.15) is 0 Å². The first-order valence-electron chi connectivity index (χ1n) is 10.1. The van der Waals surface area contributed by atoms with Gasteiger partial charge in [0, 0.05) is 12.3 Å². The molecule has 2 saturated heterocycles. The largest absolute Gasteiger partial charge is 0.445 e. The minimum absolute atomic E-state index is 0.0502. The zero-order chi connectivity index (χ0) is 19.2. The van der Waals surface area contributed by atoms with Gasteiger partial charge in [0.25, 0.3) is 0 Å². The molecule has 0 spiro atoms. The van der Waals surface area contributed by atoms with Crippen molar-refractivity contribution in [2.45, 2.75) is 64.6 Å². The van der Waals surface area contributed by atoms with Crippen LogP contribution in [0.3, 0.4) is 0 Å². The Bertz CT molecular complexity index is 616. The van der Waals surface area contributed by atoms with Crippen LogP contribution in [0, 0.1) is 11.8 Å². The van der Waals surface area contributed by atoms with Gasteiger partial charge in [0.15, 0.2) is 0 Å². The van der Waals surface area contributed by atoms with Crippen molar-refractivity contribution in [2.75, 3.05) is 13.2 Å². The minimum atomic E-state index is -0.289. The molecule has 2 fully saturated rings. The number of Topliss-reactive ketones (excluding diaryl/α,β-unsaturated/α-hetero) is 1. The van der Waals surface area contributed by atoms with Gasteiger partial charge in [-0.1, -0.05) is 50.6 Å². The highest BCUT2D eigenvalue weighted by molar-refractivity contribution is 5.81. The van der Waals surface area contributed by atoms with Crippen molar-refractivity contribution in [2.24, 2.45) is 11.8 Å². The first-order chi connectivity index (χ1) is 13.0. The molecular weight excluding hydrogens is 342 g/mol. The number of benzene rings is 1. The summed E-state index contributed by atoms with van der Waals surface area (Å²) in [5, 5.41) is 0. The molecule has 1 amide bonds. The molecule has 0 radical (unpaired) electrons. The van der Waals surface area contributed by atoms with Gasteiger partial charge in [-0.15, -0.1) is 0 Å². The minimum Gasteiger partial charge on any atom is -0.445 e. The van der Waals surface area contributed by atoms with Crippen molar-refractivity contribution in [3.05, 3.63) is 35.9 Å². The summed E-state index contributed by atoms with van der Waals surface area (Å²) in [7, 11) is 0. The van der Waals surface area contributed by atoms with Crippen LogP contribution in [0.1, 0.15) is 51.5 Å². The summed E-state index contributed by atoms with van der Waals surface area (Å²) in [6.07, 6.45) is 3.80. The fourth-order valence-corrected chi connectivity index (χ4v) is 4.16. The smallest absolute Gasteiger partial charge is 0.410 e. The summed E-state index contributed by atoms with van der Waals surface area (Å²) in [6, 6.07) is 9.58. The van der Waals surface area contributed by atoms with E-state index in [1.165, 1.54) is 0 Å². The Balaban J connectivity index is 1.54. The van der Waals surface area contributed by atoms with Crippen LogP contribution in [0.15, 0.2) is 30.3 Å². The van der Waals surface area contributed by atoms with E-state index >= 15 is 0 Å². The maximum absolute atomic E-state index is 12.7. The van der Waals surface area contributed by atoms with Gasteiger partial charge in [-0.05, 0) is 30.7 Å². The number of ether oxygens (including phenoxy) is 2. The number of piperidine rings is 1. The molecule has 2 aliphatic rings. The van der Waals surface area contributed by atoms with E-state index in [1.807, 2.05) is 35.2 Å². The number of carbonyl (C=O) groups excluding carboxylic acids is 2. The summed E-state index contributed by atoms with van der Waals surface area (Å²) in [4.78, 5) is 27.1. The Morgan fingerprint density at radius 2 is 1.81 bits per heavy atom. The number of ketones is 1. The quantitative estimate of drug-likeness (QED) is 0.719. The lowest BCUT2D eigenvalue weighted by atomic mass is 9.81. The number of fused-ring (bicyclic) bond motifs is 2. The van der Waals surface area contributed by atoms with Gasteiger partial charge >= 0.3 is 6.09 Å². The molecule has 1 aromatic carbocycles. The second-order valence-corrected chi connectivity index (χ2v) is 8.21. The lowest BCUT2D eigenvalue weighted by Crippen LogP contribution is -2.59. The summed E-state index contributed by atoms with van der Waals surface area (Å²) in [5.41, 5.74) is 0.975. The molecule has 2 heterocycles. The molecule has 2 atom stereocenters. The fourth-order valence-electron chi connectivity index (χ4n) is 4.16. The van der Waals surface area contributed by atoms with Crippen molar-refractivity contribution in [3.8, 4) is 0 Å². The van der Waals surface area contributed by atoms with Crippen LogP contribution in [0.25, 0.3) is 0 Å². The zero-order valence-corrected chi connectivity index (χ0v) is 16.4. The Hall–Kier alpha value is -1.88. The van der Waals surface area contributed by atoms with Gasteiger partial charge in [0.05, 0.1) is 25.3 Å². The van der Waals surface area contributed by atoms with E-state index in [0.29, 0.717) is 44.2 Å². The van der Waals surface area contributed by atoms with E-state index in [0.717, 1.165) is 18.4 Å². The normalized spacial score (nSPS) is 24.7. The van der Waals surface area contributed by atoms with Crippen molar-refractivity contribution < 1.29 is 19.1 Å². The van der Waals surface area contributed by atoms with Gasteiger partial charge in [0.2, 0.25) is 0 Å². The molecule has 148 valence electrons. The number of nitrogens with zero attached hydrogens (tertiary/aromatic N) is 1. The van der Waals surface area contributed by atoms with Crippen LogP contribution in [-0.4, -0.2) is 42.1 Å². The average molecular weight is 373 g/mol. The third-order valence-electron chi connectivity index (χ3n) is 5.60. The first kappa shape index (κ1) is 19.9. The molecular formula is C22H31NO4. The third-order valence-corrected chi connectivity index (χ3v) is 5.60. The van der Waals surface area contributed by atoms with Gasteiger partial charge in [-0.25, -0.2) is 4.79 Å². The van der Waals surface area contributed by atoms with Crippen molar-refractivity contribution >= 4 is 11.9 Å². The first-order valence-corrected chi connectivity index (χ1v) is 10.1. The SMILES string of the molecule is CC(C)CCCC(=O)C1CC2COCC(C1)N2C(=O)OCc1ccccc1. The number of morpholine rings is 1. The third kappa shape index (κ3) is 5.32. The van der Waals surface area contributed by atoms with Crippen LogP contribution in [0.4, 0.5) is 4.79 Å². The Kier molecular flexibility index (Phi) is 6.89. The van der Waals surface area contributed by atoms with Crippen molar-refractivity contribution in [3.63, 3.8) is 0 Å². The maximum Gasteiger partial charge on any atom is 0.410 e. The van der Waals surface area contributed by atoms with Crippen molar-refractivity contribution in [1.29, 1.82) is 0 Å². The van der Waals surface area contributed by atoms with Gasteiger partial charge in [0.1, 0.15) is 12.4 Å². The van der Waals surface area contributed by atoms with Crippen molar-refractivity contribution in [1.82, 2.24) is 4.90 Å². The van der Waals surface area contributed by atoms with E-state index < -0.39 is 0 Å². The van der Waals surface area contributed by atoms with E-state index in [1.54, 1.807) is 0 Å². The molecule has 2 bridgehead atoms. The van der Waals surface area contributed by atoms with Crippen LogP contribution in [-0.2, 0) is 20.9 Å². The standard InChI is InChI=1S/C22H31NO4/c1-16(2)7-6-10-21(24)18-11-19-14-26-15-20(12-18)23(19)22(25)27-13-17-8-4-3-5-9-17/h3-5,8-9,16,18-20H,6-7,10-15H2,1-2H3. The van der Waals surface area contributed by atoms with Crippen LogP contribution >= 0.6 is 0 Å². The fraction of sp³-hybridized carbons (Fsp3) is 0.636. The van der Waals surface area contributed by atoms with Crippen LogP contribution in [0.2, 0.25) is 0 Å². The van der Waals surface area contributed by atoms with Gasteiger partial charge in [-0.3, -0.25) is 9.69 Å². The van der Waals surface area contributed by atoms with Crippen LogP contribution in [0.5, 0.6) is 0 Å². The Morgan fingerprint density at radius 1 is 1.15 bits per heavy atom. The number of amides is 1. The highest BCUT2D eigenvalue weighted by atomic mass is 16.6. The Labute approximate surface area is 162 Å². The van der Waals surface area contributed by atoms with E-state index in [9.17, 15) is 9.59 Å². The lowest BCUT2D eigenvalue weighted by Gasteiger charge is -2.47. The summed E-state index contributed by atoms with van der Waals surface area (Å²) in [6.45, 7) is 5.63. The molecule has 27 heavy (non-hydrogen) atoms. The molecule has 5 heteroatoms. The van der Waals surface area contributed by atoms with E-state index in [2.05, 4.69) is 13.8 Å². The molecule has 5 nitrogen and oxygen atoms in total. The lowest BCUT2D eigenvalue weighted by molar-refractivity contribution is -0.131. The zero-order valence-electron chi connectivity index (χ0n) is 16.4. The molecule has 2 aliphatic heterocycles. The molecule has 1 aromatic rings. The van der Waals surface area contributed by atoms with E-state index in [-0.39, 0.29) is 30.7 Å². The number of hydrogen-bond donors (Lipinski definition) is 0.